The molecule has 0 unspecified atom stereocenters. The lowest BCUT2D eigenvalue weighted by molar-refractivity contribution is -0.385. The van der Waals surface area contributed by atoms with Crippen LogP contribution in [0.25, 0.3) is 5.69 Å². The van der Waals surface area contributed by atoms with Gasteiger partial charge in [-0.2, -0.15) is 5.10 Å². The molecule has 2 aromatic rings. The summed E-state index contributed by atoms with van der Waals surface area (Å²) < 4.78 is 1.33. The third-order valence-corrected chi connectivity index (χ3v) is 2.42. The lowest BCUT2D eigenvalue weighted by Crippen LogP contribution is -2.05. The Morgan fingerprint density at radius 1 is 1.50 bits per heavy atom. The second-order valence-corrected chi connectivity index (χ2v) is 3.80. The molecule has 1 N–H and O–H groups in total. The highest BCUT2D eigenvalue weighted by Crippen LogP contribution is 2.22. The van der Waals surface area contributed by atoms with E-state index in [4.69, 9.17) is 16.7 Å². The summed E-state index contributed by atoms with van der Waals surface area (Å²) >= 11 is 5.69. The zero-order valence-electron chi connectivity index (χ0n) is 8.78. The first-order chi connectivity index (χ1) is 8.49. The number of aromatic carboxylic acids is 1. The number of hydrogen-bond donors (Lipinski definition) is 1. The molecule has 0 radical (unpaired) electrons. The molecular weight excluding hydrogens is 262 g/mol. The standard InChI is InChI=1S/C10H6ClN3O4/c11-6-4-12-13(5-6)7-1-2-9(14(17)18)8(3-7)10(15)16/h1-5H,(H,15,16). The predicted molar refractivity (Wildman–Crippen MR) is 62.2 cm³/mol. The van der Waals surface area contributed by atoms with Crippen LogP contribution in [0.4, 0.5) is 5.69 Å². The molecule has 2 rings (SSSR count). The van der Waals surface area contributed by atoms with Crippen molar-refractivity contribution >= 4 is 23.3 Å². The number of nitro benzene ring substituents is 1. The summed E-state index contributed by atoms with van der Waals surface area (Å²) in [5.41, 5.74) is -0.487. The van der Waals surface area contributed by atoms with Crippen molar-refractivity contribution in [1.82, 2.24) is 9.78 Å². The van der Waals surface area contributed by atoms with Gasteiger partial charge < -0.3 is 5.11 Å². The first-order valence-electron chi connectivity index (χ1n) is 4.71. The summed E-state index contributed by atoms with van der Waals surface area (Å²) in [6, 6.07) is 3.69. The fraction of sp³-hybridized carbons (Fsp3) is 0. The Morgan fingerprint density at radius 2 is 2.22 bits per heavy atom. The molecule has 8 heteroatoms. The van der Waals surface area contributed by atoms with E-state index in [0.717, 1.165) is 6.07 Å². The van der Waals surface area contributed by atoms with Crippen molar-refractivity contribution in [2.45, 2.75) is 0 Å². The Hall–Kier alpha value is -2.41. The molecule has 0 saturated heterocycles. The Kier molecular flexibility index (Phi) is 2.99. The molecule has 92 valence electrons. The van der Waals surface area contributed by atoms with Crippen molar-refractivity contribution < 1.29 is 14.8 Å². The molecule has 7 nitrogen and oxygen atoms in total. The smallest absolute Gasteiger partial charge is 0.342 e. The first-order valence-corrected chi connectivity index (χ1v) is 5.09. The van der Waals surface area contributed by atoms with Gasteiger partial charge in [-0.25, -0.2) is 9.48 Å². The van der Waals surface area contributed by atoms with Gasteiger partial charge in [0.05, 0.1) is 21.8 Å². The summed E-state index contributed by atoms with van der Waals surface area (Å²) in [5.74, 6) is -1.37. The fourth-order valence-electron chi connectivity index (χ4n) is 1.44. The largest absolute Gasteiger partial charge is 0.477 e. The van der Waals surface area contributed by atoms with Crippen molar-refractivity contribution in [1.29, 1.82) is 0 Å². The van der Waals surface area contributed by atoms with Crippen LogP contribution in [0.1, 0.15) is 10.4 Å². The molecule has 0 aliphatic heterocycles. The SMILES string of the molecule is O=C(O)c1cc(-n2cc(Cl)cn2)ccc1[N+](=O)[O-]. The van der Waals surface area contributed by atoms with Gasteiger partial charge >= 0.3 is 5.97 Å². The second kappa shape index (κ2) is 4.46. The molecule has 1 aromatic carbocycles. The van der Waals surface area contributed by atoms with Gasteiger partial charge in [0.2, 0.25) is 0 Å². The number of halogens is 1. The van der Waals surface area contributed by atoms with Gasteiger partial charge in [0.25, 0.3) is 5.69 Å². The fourth-order valence-corrected chi connectivity index (χ4v) is 1.58. The summed E-state index contributed by atoms with van der Waals surface area (Å²) in [6.45, 7) is 0. The van der Waals surface area contributed by atoms with E-state index >= 15 is 0 Å². The Balaban J connectivity index is 2.56. The van der Waals surface area contributed by atoms with E-state index in [1.54, 1.807) is 0 Å². The Morgan fingerprint density at radius 3 is 2.72 bits per heavy atom. The minimum absolute atomic E-state index is 0.380. The molecule has 1 heterocycles. The predicted octanol–water partition coefficient (Wildman–Crippen LogP) is 2.13. The summed E-state index contributed by atoms with van der Waals surface area (Å²) in [7, 11) is 0. The number of hydrogen-bond acceptors (Lipinski definition) is 4. The number of aromatic nitrogens is 2. The van der Waals surface area contributed by atoms with Crippen molar-refractivity contribution in [2.75, 3.05) is 0 Å². The molecule has 0 saturated carbocycles. The topological polar surface area (TPSA) is 98.3 Å². The molecular formula is C10H6ClN3O4. The molecule has 0 atom stereocenters. The monoisotopic (exact) mass is 267 g/mol. The van der Waals surface area contributed by atoms with Crippen LogP contribution >= 0.6 is 11.6 Å². The van der Waals surface area contributed by atoms with Crippen molar-refractivity contribution in [2.24, 2.45) is 0 Å². The van der Waals surface area contributed by atoms with E-state index in [0.29, 0.717) is 10.7 Å². The van der Waals surface area contributed by atoms with Crippen LogP contribution in [0.15, 0.2) is 30.6 Å². The molecule has 1 aromatic heterocycles. The number of carboxylic acid groups (broad SMARTS) is 1. The third kappa shape index (κ3) is 2.16. The summed E-state index contributed by atoms with van der Waals surface area (Å²) in [4.78, 5) is 20.9. The second-order valence-electron chi connectivity index (χ2n) is 3.37. The van der Waals surface area contributed by atoms with Gasteiger partial charge in [-0.15, -0.1) is 0 Å². The van der Waals surface area contributed by atoms with Gasteiger partial charge in [0.15, 0.2) is 0 Å². The van der Waals surface area contributed by atoms with Gasteiger partial charge in [-0.1, -0.05) is 11.6 Å². The van der Waals surface area contributed by atoms with Crippen LogP contribution in [-0.2, 0) is 0 Å². The number of rotatable bonds is 3. The highest BCUT2D eigenvalue weighted by atomic mass is 35.5. The molecule has 0 spiro atoms. The Labute approximate surface area is 105 Å². The van der Waals surface area contributed by atoms with Crippen LogP contribution < -0.4 is 0 Å². The highest BCUT2D eigenvalue weighted by Gasteiger charge is 2.20. The van der Waals surface area contributed by atoms with Gasteiger partial charge in [0.1, 0.15) is 5.56 Å². The van der Waals surface area contributed by atoms with E-state index < -0.39 is 22.1 Å². The van der Waals surface area contributed by atoms with Gasteiger partial charge in [0, 0.05) is 12.3 Å². The van der Waals surface area contributed by atoms with Gasteiger partial charge in [-0.05, 0) is 12.1 Å². The highest BCUT2D eigenvalue weighted by molar-refractivity contribution is 6.30. The first kappa shape index (κ1) is 12.1. The summed E-state index contributed by atoms with van der Waals surface area (Å²) in [5, 5.41) is 23.9. The average Bonchev–Trinajstić information content (AvgIpc) is 2.75. The molecule has 0 aliphatic carbocycles. The zero-order valence-corrected chi connectivity index (χ0v) is 9.53. The maximum atomic E-state index is 11.0. The van der Waals surface area contributed by atoms with Crippen LogP contribution in [0.3, 0.4) is 0 Å². The Bertz CT molecular complexity index is 638. The van der Waals surface area contributed by atoms with E-state index in [-0.39, 0.29) is 0 Å². The molecule has 0 fully saturated rings. The minimum atomic E-state index is -1.37. The van der Waals surface area contributed by atoms with Crippen LogP contribution in [0.2, 0.25) is 5.02 Å². The lowest BCUT2D eigenvalue weighted by Gasteiger charge is -2.03. The summed E-state index contributed by atoms with van der Waals surface area (Å²) in [6.07, 6.45) is 2.85. The lowest BCUT2D eigenvalue weighted by atomic mass is 10.1. The van der Waals surface area contributed by atoms with Crippen LogP contribution in [0.5, 0.6) is 0 Å². The zero-order chi connectivity index (χ0) is 13.3. The van der Waals surface area contributed by atoms with Crippen LogP contribution in [-0.4, -0.2) is 25.8 Å². The minimum Gasteiger partial charge on any atom is -0.477 e. The molecule has 0 aliphatic rings. The van der Waals surface area contributed by atoms with E-state index in [1.165, 1.54) is 29.2 Å². The average molecular weight is 268 g/mol. The van der Waals surface area contributed by atoms with E-state index in [1.807, 2.05) is 0 Å². The number of carbonyl (C=O) groups is 1. The number of carboxylic acids is 1. The van der Waals surface area contributed by atoms with Gasteiger partial charge in [-0.3, -0.25) is 10.1 Å². The maximum absolute atomic E-state index is 11.0. The quantitative estimate of drug-likeness (QED) is 0.678. The normalized spacial score (nSPS) is 10.3. The van der Waals surface area contributed by atoms with Crippen LogP contribution in [0, 0.1) is 10.1 Å². The molecule has 18 heavy (non-hydrogen) atoms. The van der Waals surface area contributed by atoms with Crippen molar-refractivity contribution in [3.05, 3.63) is 51.3 Å². The van der Waals surface area contributed by atoms with Crippen molar-refractivity contribution in [3.63, 3.8) is 0 Å². The maximum Gasteiger partial charge on any atom is 0.342 e. The van der Waals surface area contributed by atoms with E-state index in [9.17, 15) is 14.9 Å². The van der Waals surface area contributed by atoms with E-state index in [2.05, 4.69) is 5.10 Å². The number of nitro groups is 1. The van der Waals surface area contributed by atoms with Crippen molar-refractivity contribution in [3.8, 4) is 5.69 Å². The molecule has 0 amide bonds. The third-order valence-electron chi connectivity index (χ3n) is 2.22. The number of nitrogens with zero attached hydrogens (tertiary/aromatic N) is 3. The number of benzene rings is 1. The molecule has 0 bridgehead atoms.